The van der Waals surface area contributed by atoms with E-state index >= 15 is 0 Å². The Labute approximate surface area is 111 Å². The van der Waals surface area contributed by atoms with Gasteiger partial charge in [0, 0.05) is 18.5 Å². The van der Waals surface area contributed by atoms with E-state index in [4.69, 9.17) is 4.52 Å². The third-order valence-corrected chi connectivity index (χ3v) is 3.44. The highest BCUT2D eigenvalue weighted by atomic mass is 19.1. The molecular formula is C14H16FN3O. The van der Waals surface area contributed by atoms with Gasteiger partial charge in [0.15, 0.2) is 0 Å². The second-order valence-electron chi connectivity index (χ2n) is 4.80. The Morgan fingerprint density at radius 2 is 2.16 bits per heavy atom. The maximum absolute atomic E-state index is 13.1. The molecular weight excluding hydrogens is 245 g/mol. The average molecular weight is 261 g/mol. The Kier molecular flexibility index (Phi) is 3.29. The molecule has 0 amide bonds. The smallest absolute Gasteiger partial charge is 0.244 e. The van der Waals surface area contributed by atoms with E-state index < -0.39 is 6.17 Å². The van der Waals surface area contributed by atoms with Crippen LogP contribution in [0.3, 0.4) is 0 Å². The lowest BCUT2D eigenvalue weighted by atomic mass is 10.1. The first-order valence-corrected chi connectivity index (χ1v) is 6.56. The number of rotatable bonds is 3. The molecule has 0 bridgehead atoms. The first-order valence-electron chi connectivity index (χ1n) is 6.56. The van der Waals surface area contributed by atoms with Gasteiger partial charge in [-0.3, -0.25) is 0 Å². The van der Waals surface area contributed by atoms with Gasteiger partial charge in [-0.2, -0.15) is 4.98 Å². The van der Waals surface area contributed by atoms with Crippen molar-refractivity contribution in [3.63, 3.8) is 0 Å². The summed E-state index contributed by atoms with van der Waals surface area (Å²) in [5.74, 6) is 1.02. The van der Waals surface area contributed by atoms with E-state index in [0.717, 1.165) is 12.0 Å². The molecule has 1 fully saturated rings. The Hall–Kier alpha value is -1.75. The van der Waals surface area contributed by atoms with Crippen LogP contribution in [0.15, 0.2) is 28.8 Å². The van der Waals surface area contributed by atoms with Gasteiger partial charge in [0.25, 0.3) is 0 Å². The summed E-state index contributed by atoms with van der Waals surface area (Å²) in [6.07, 6.45) is 0.571. The van der Waals surface area contributed by atoms with Crippen LogP contribution in [-0.2, 0) is 6.42 Å². The van der Waals surface area contributed by atoms with Crippen molar-refractivity contribution in [2.45, 2.75) is 32.0 Å². The molecule has 19 heavy (non-hydrogen) atoms. The van der Waals surface area contributed by atoms with Gasteiger partial charge < -0.3 is 9.84 Å². The quantitative estimate of drug-likeness (QED) is 0.923. The van der Waals surface area contributed by atoms with Gasteiger partial charge in [0.1, 0.15) is 6.17 Å². The molecule has 1 saturated heterocycles. The normalized spacial score (nSPS) is 22.8. The van der Waals surface area contributed by atoms with Crippen molar-refractivity contribution in [2.24, 2.45) is 0 Å². The number of alkyl halides is 1. The summed E-state index contributed by atoms with van der Waals surface area (Å²) in [5.41, 5.74) is 2.19. The molecule has 1 aliphatic heterocycles. The summed E-state index contributed by atoms with van der Waals surface area (Å²) in [7, 11) is 0. The highest BCUT2D eigenvalue weighted by Gasteiger charge is 2.29. The third-order valence-electron chi connectivity index (χ3n) is 3.44. The number of hydrogen-bond donors (Lipinski definition) is 1. The van der Waals surface area contributed by atoms with Gasteiger partial charge in [-0.1, -0.05) is 36.3 Å². The number of aromatic nitrogens is 2. The number of halogens is 1. The summed E-state index contributed by atoms with van der Waals surface area (Å²) >= 11 is 0. The van der Waals surface area contributed by atoms with Crippen LogP contribution in [0.5, 0.6) is 0 Å². The van der Waals surface area contributed by atoms with Crippen LogP contribution in [-0.4, -0.2) is 22.9 Å². The molecule has 2 heterocycles. The Morgan fingerprint density at radius 3 is 2.79 bits per heavy atom. The van der Waals surface area contributed by atoms with Gasteiger partial charge in [-0.15, -0.1) is 0 Å². The van der Waals surface area contributed by atoms with Crippen molar-refractivity contribution in [3.8, 4) is 11.4 Å². The maximum atomic E-state index is 13.1. The summed E-state index contributed by atoms with van der Waals surface area (Å²) in [6, 6.07) is 7.90. The molecule has 2 aromatic rings. The van der Waals surface area contributed by atoms with Crippen molar-refractivity contribution < 1.29 is 8.91 Å². The number of aryl methyl sites for hydroxylation is 1. The van der Waals surface area contributed by atoms with E-state index in [9.17, 15) is 4.39 Å². The lowest BCUT2D eigenvalue weighted by molar-refractivity contribution is 0.324. The largest absolute Gasteiger partial charge is 0.337 e. The second kappa shape index (κ2) is 5.09. The molecule has 0 radical (unpaired) electrons. The first kappa shape index (κ1) is 12.3. The molecule has 100 valence electrons. The van der Waals surface area contributed by atoms with Crippen molar-refractivity contribution in [3.05, 3.63) is 35.7 Å². The zero-order valence-electron chi connectivity index (χ0n) is 10.8. The molecule has 1 aromatic heterocycles. The number of nitrogens with zero attached hydrogens (tertiary/aromatic N) is 2. The lowest BCUT2D eigenvalue weighted by Crippen LogP contribution is -2.14. The van der Waals surface area contributed by atoms with E-state index in [0.29, 0.717) is 24.7 Å². The fourth-order valence-electron chi connectivity index (χ4n) is 2.26. The predicted molar refractivity (Wildman–Crippen MR) is 69.4 cm³/mol. The number of benzene rings is 1. The molecule has 3 rings (SSSR count). The standard InChI is InChI=1S/C14H16FN3O/c1-2-9-3-5-10(6-4-9)13-17-14(19-18-13)12-7-11(15)8-16-12/h3-6,11-12,16H,2,7-8H2,1H3/t11-,12+/m0/s1. The summed E-state index contributed by atoms with van der Waals surface area (Å²) in [4.78, 5) is 4.35. The third kappa shape index (κ3) is 2.51. The van der Waals surface area contributed by atoms with Crippen LogP contribution >= 0.6 is 0 Å². The lowest BCUT2D eigenvalue weighted by Gasteiger charge is -2.01. The summed E-state index contributed by atoms with van der Waals surface area (Å²) in [6.45, 7) is 2.47. The van der Waals surface area contributed by atoms with E-state index in [1.807, 2.05) is 12.1 Å². The first-order chi connectivity index (χ1) is 9.26. The van der Waals surface area contributed by atoms with Gasteiger partial charge in [-0.05, 0) is 12.0 Å². The Morgan fingerprint density at radius 1 is 1.37 bits per heavy atom. The molecule has 0 aliphatic carbocycles. The summed E-state index contributed by atoms with van der Waals surface area (Å²) < 4.78 is 18.3. The van der Waals surface area contributed by atoms with Crippen LogP contribution in [0, 0.1) is 0 Å². The van der Waals surface area contributed by atoms with Crippen LogP contribution in [0.4, 0.5) is 4.39 Å². The fourth-order valence-corrected chi connectivity index (χ4v) is 2.26. The topological polar surface area (TPSA) is 51.0 Å². The van der Waals surface area contributed by atoms with E-state index in [-0.39, 0.29) is 6.04 Å². The summed E-state index contributed by atoms with van der Waals surface area (Å²) in [5, 5.41) is 7.00. The van der Waals surface area contributed by atoms with Crippen molar-refractivity contribution in [1.82, 2.24) is 15.5 Å². The van der Waals surface area contributed by atoms with Gasteiger partial charge >= 0.3 is 0 Å². The monoisotopic (exact) mass is 261 g/mol. The van der Waals surface area contributed by atoms with Gasteiger partial charge in [0.05, 0.1) is 6.04 Å². The zero-order valence-corrected chi connectivity index (χ0v) is 10.8. The Bertz CT molecular complexity index is 552. The van der Waals surface area contributed by atoms with Crippen LogP contribution < -0.4 is 5.32 Å². The van der Waals surface area contributed by atoms with Crippen LogP contribution in [0.2, 0.25) is 0 Å². The average Bonchev–Trinajstić information content (AvgIpc) is 3.07. The molecule has 5 heteroatoms. The number of nitrogens with one attached hydrogen (secondary N) is 1. The minimum Gasteiger partial charge on any atom is -0.337 e. The maximum Gasteiger partial charge on any atom is 0.244 e. The molecule has 0 spiro atoms. The molecule has 1 N–H and O–H groups in total. The van der Waals surface area contributed by atoms with Gasteiger partial charge in [0.2, 0.25) is 11.7 Å². The van der Waals surface area contributed by atoms with Crippen molar-refractivity contribution in [2.75, 3.05) is 6.54 Å². The predicted octanol–water partition coefficient (Wildman–Crippen LogP) is 2.67. The van der Waals surface area contributed by atoms with Crippen molar-refractivity contribution in [1.29, 1.82) is 0 Å². The molecule has 4 nitrogen and oxygen atoms in total. The molecule has 0 unspecified atom stereocenters. The molecule has 0 saturated carbocycles. The van der Waals surface area contributed by atoms with Crippen LogP contribution in [0.1, 0.15) is 30.8 Å². The molecule has 1 aliphatic rings. The highest BCUT2D eigenvalue weighted by molar-refractivity contribution is 5.54. The second-order valence-corrected chi connectivity index (χ2v) is 4.80. The van der Waals surface area contributed by atoms with E-state index in [2.05, 4.69) is 34.5 Å². The fraction of sp³-hybridized carbons (Fsp3) is 0.429. The SMILES string of the molecule is CCc1ccc(-c2noc([C@H]3C[C@H](F)CN3)n2)cc1. The van der Waals surface area contributed by atoms with E-state index in [1.54, 1.807) is 0 Å². The minimum atomic E-state index is -0.829. The highest BCUT2D eigenvalue weighted by Crippen LogP contribution is 2.25. The van der Waals surface area contributed by atoms with Crippen molar-refractivity contribution >= 4 is 0 Å². The molecule has 1 aromatic carbocycles. The minimum absolute atomic E-state index is 0.161. The van der Waals surface area contributed by atoms with E-state index in [1.165, 1.54) is 5.56 Å². The number of hydrogen-bond acceptors (Lipinski definition) is 4. The zero-order chi connectivity index (χ0) is 13.2. The van der Waals surface area contributed by atoms with Crippen LogP contribution in [0.25, 0.3) is 11.4 Å². The Balaban J connectivity index is 1.80. The van der Waals surface area contributed by atoms with Gasteiger partial charge in [-0.25, -0.2) is 4.39 Å². The molecule has 2 atom stereocenters.